The molecule has 1 aliphatic rings. The van der Waals surface area contributed by atoms with Crippen LogP contribution >= 0.6 is 0 Å². The third kappa shape index (κ3) is 3.63. The minimum absolute atomic E-state index is 0.373. The quantitative estimate of drug-likeness (QED) is 0.858. The van der Waals surface area contributed by atoms with Crippen LogP contribution in [-0.4, -0.2) is 38.2 Å². The topological polar surface area (TPSA) is 69.4 Å². The number of pyridine rings is 1. The molecule has 7 heteroatoms. The Morgan fingerprint density at radius 2 is 1.80 bits per heavy atom. The van der Waals surface area contributed by atoms with Crippen LogP contribution in [0.1, 0.15) is 52.9 Å². The van der Waals surface area contributed by atoms with E-state index in [1.165, 1.54) is 0 Å². The molecule has 0 saturated carbocycles. The molecule has 3 heterocycles. The zero-order chi connectivity index (χ0) is 18.5. The largest absolute Gasteiger partial charge is 0.498 e. The van der Waals surface area contributed by atoms with Gasteiger partial charge in [0.1, 0.15) is 5.60 Å². The van der Waals surface area contributed by atoms with E-state index in [0.29, 0.717) is 12.2 Å². The summed E-state index contributed by atoms with van der Waals surface area (Å²) >= 11 is 0. The van der Waals surface area contributed by atoms with Crippen LogP contribution in [0.5, 0.6) is 0 Å². The van der Waals surface area contributed by atoms with Crippen molar-refractivity contribution >= 4 is 12.6 Å². The zero-order valence-corrected chi connectivity index (χ0v) is 15.8. The van der Waals surface area contributed by atoms with Gasteiger partial charge in [0.15, 0.2) is 0 Å². The van der Waals surface area contributed by atoms with Crippen molar-refractivity contribution in [2.24, 2.45) is 0 Å². The Morgan fingerprint density at radius 3 is 2.40 bits per heavy atom. The first-order valence-electron chi connectivity index (χ1n) is 8.55. The van der Waals surface area contributed by atoms with Crippen LogP contribution in [0.25, 0.3) is 0 Å². The van der Waals surface area contributed by atoms with Crippen molar-refractivity contribution in [1.29, 1.82) is 0 Å². The Balaban J connectivity index is 1.75. The molecule has 0 aliphatic carbocycles. The fourth-order valence-corrected chi connectivity index (χ4v) is 2.64. The number of nitrogens with zero attached hydrogens (tertiary/aromatic N) is 3. The summed E-state index contributed by atoms with van der Waals surface area (Å²) in [6.45, 7) is 12.1. The molecule has 25 heavy (non-hydrogen) atoms. The summed E-state index contributed by atoms with van der Waals surface area (Å²) in [5.41, 5.74) is 0.655. The summed E-state index contributed by atoms with van der Waals surface area (Å²) in [5, 5.41) is 14.5. The maximum absolute atomic E-state index is 10.1. The van der Waals surface area contributed by atoms with E-state index in [1.54, 1.807) is 24.7 Å². The van der Waals surface area contributed by atoms with E-state index in [4.69, 9.17) is 9.31 Å². The fraction of sp³-hybridized carbons (Fsp3) is 0.556. The lowest BCUT2D eigenvalue weighted by atomic mass is 9.82. The molecule has 2 aromatic heterocycles. The number of aromatic nitrogens is 3. The second kappa shape index (κ2) is 5.93. The highest BCUT2D eigenvalue weighted by Crippen LogP contribution is 2.36. The van der Waals surface area contributed by atoms with E-state index in [9.17, 15) is 5.11 Å². The van der Waals surface area contributed by atoms with E-state index in [2.05, 4.69) is 10.1 Å². The fourth-order valence-electron chi connectivity index (χ4n) is 2.64. The van der Waals surface area contributed by atoms with E-state index in [-0.39, 0.29) is 11.2 Å². The second-order valence-electron chi connectivity index (χ2n) is 8.13. The Labute approximate surface area is 149 Å². The van der Waals surface area contributed by atoms with Gasteiger partial charge in [0.05, 0.1) is 29.1 Å². The van der Waals surface area contributed by atoms with Crippen molar-refractivity contribution in [2.45, 2.75) is 64.9 Å². The molecule has 2 aromatic rings. The van der Waals surface area contributed by atoms with Gasteiger partial charge in [-0.1, -0.05) is 6.07 Å². The molecule has 0 aromatic carbocycles. The van der Waals surface area contributed by atoms with Crippen LogP contribution < -0.4 is 5.46 Å². The van der Waals surface area contributed by atoms with E-state index < -0.39 is 12.7 Å². The lowest BCUT2D eigenvalue weighted by Gasteiger charge is -2.32. The van der Waals surface area contributed by atoms with Crippen LogP contribution in [0.15, 0.2) is 30.6 Å². The Kier molecular flexibility index (Phi) is 4.30. The molecule has 6 nitrogen and oxygen atoms in total. The highest BCUT2D eigenvalue weighted by atomic mass is 16.7. The van der Waals surface area contributed by atoms with Gasteiger partial charge in [0.2, 0.25) is 0 Å². The monoisotopic (exact) mass is 343 g/mol. The van der Waals surface area contributed by atoms with Gasteiger partial charge in [-0.15, -0.1) is 0 Å². The van der Waals surface area contributed by atoms with E-state index >= 15 is 0 Å². The highest BCUT2D eigenvalue weighted by Gasteiger charge is 2.52. The van der Waals surface area contributed by atoms with Gasteiger partial charge < -0.3 is 14.4 Å². The number of rotatable bonds is 4. The average Bonchev–Trinajstić information content (AvgIpc) is 3.01. The van der Waals surface area contributed by atoms with E-state index in [1.807, 2.05) is 52.1 Å². The van der Waals surface area contributed by atoms with E-state index in [0.717, 1.165) is 11.2 Å². The molecule has 0 bridgehead atoms. The number of hydrogen-bond acceptors (Lipinski definition) is 5. The third-order valence-electron chi connectivity index (χ3n) is 4.94. The van der Waals surface area contributed by atoms with Crippen molar-refractivity contribution in [3.63, 3.8) is 0 Å². The molecular weight excluding hydrogens is 317 g/mol. The Morgan fingerprint density at radius 1 is 1.16 bits per heavy atom. The Bertz CT molecular complexity index is 749. The van der Waals surface area contributed by atoms with Crippen molar-refractivity contribution in [3.8, 4) is 0 Å². The molecule has 1 saturated heterocycles. The maximum Gasteiger partial charge on any atom is 0.498 e. The molecule has 0 unspecified atom stereocenters. The van der Waals surface area contributed by atoms with Gasteiger partial charge >= 0.3 is 7.12 Å². The summed E-state index contributed by atoms with van der Waals surface area (Å²) in [5.74, 6) is 0. The molecule has 0 spiro atoms. The van der Waals surface area contributed by atoms with Gasteiger partial charge in [0, 0.05) is 17.9 Å². The first-order valence-corrected chi connectivity index (χ1v) is 8.55. The lowest BCUT2D eigenvalue weighted by Crippen LogP contribution is -2.41. The first-order chi connectivity index (χ1) is 11.5. The van der Waals surface area contributed by atoms with Gasteiger partial charge in [-0.3, -0.25) is 9.67 Å². The van der Waals surface area contributed by atoms with Crippen LogP contribution in [0.4, 0.5) is 0 Å². The predicted octanol–water partition coefficient (Wildman–Crippen LogP) is 1.85. The smallest absolute Gasteiger partial charge is 0.399 e. The van der Waals surface area contributed by atoms with Crippen molar-refractivity contribution in [3.05, 3.63) is 42.0 Å². The van der Waals surface area contributed by atoms with Crippen LogP contribution in [-0.2, 0) is 21.5 Å². The molecule has 0 atom stereocenters. The zero-order valence-electron chi connectivity index (χ0n) is 15.8. The standard InChI is InChI=1S/C18H26BN3O3/c1-16(2,23)15-9-7-8-14(21-15)12-22-11-13(10-20-22)19-24-17(3,4)18(5,6)25-19/h7-11,23H,12H2,1-6H3. The molecule has 134 valence electrons. The predicted molar refractivity (Wildman–Crippen MR) is 96.5 cm³/mol. The molecule has 1 fully saturated rings. The number of hydrogen-bond donors (Lipinski definition) is 1. The molecule has 0 radical (unpaired) electrons. The minimum Gasteiger partial charge on any atom is -0.399 e. The van der Waals surface area contributed by atoms with Crippen LogP contribution in [0, 0.1) is 0 Å². The third-order valence-corrected chi connectivity index (χ3v) is 4.94. The average molecular weight is 343 g/mol. The van der Waals surface area contributed by atoms with Gasteiger partial charge in [-0.05, 0) is 53.7 Å². The van der Waals surface area contributed by atoms with Gasteiger partial charge in [-0.2, -0.15) is 5.10 Å². The second-order valence-corrected chi connectivity index (χ2v) is 8.13. The van der Waals surface area contributed by atoms with Gasteiger partial charge in [0.25, 0.3) is 0 Å². The minimum atomic E-state index is -0.964. The molecular formula is C18H26BN3O3. The molecule has 0 amide bonds. The maximum atomic E-state index is 10.1. The summed E-state index contributed by atoms with van der Waals surface area (Å²) in [4.78, 5) is 4.52. The van der Waals surface area contributed by atoms with Crippen molar-refractivity contribution < 1.29 is 14.4 Å². The highest BCUT2D eigenvalue weighted by molar-refractivity contribution is 6.61. The van der Waals surface area contributed by atoms with Crippen LogP contribution in [0.2, 0.25) is 0 Å². The Hall–Kier alpha value is -1.70. The SMILES string of the molecule is CC(C)(O)c1cccc(Cn2cc(B3OC(C)(C)C(C)(C)O3)cn2)n1. The summed E-state index contributed by atoms with van der Waals surface area (Å²) in [6.07, 6.45) is 3.68. The normalized spacial score (nSPS) is 19.4. The van der Waals surface area contributed by atoms with Crippen molar-refractivity contribution in [1.82, 2.24) is 14.8 Å². The van der Waals surface area contributed by atoms with Crippen molar-refractivity contribution in [2.75, 3.05) is 0 Å². The summed E-state index contributed by atoms with van der Waals surface area (Å²) in [6, 6.07) is 5.64. The summed E-state index contributed by atoms with van der Waals surface area (Å²) < 4.78 is 13.9. The number of aliphatic hydroxyl groups is 1. The molecule has 1 N–H and O–H groups in total. The van der Waals surface area contributed by atoms with Crippen LogP contribution in [0.3, 0.4) is 0 Å². The molecule has 3 rings (SSSR count). The molecule has 1 aliphatic heterocycles. The first kappa shape index (κ1) is 18.1. The van der Waals surface area contributed by atoms with Gasteiger partial charge in [-0.25, -0.2) is 0 Å². The lowest BCUT2D eigenvalue weighted by molar-refractivity contribution is 0.00578. The summed E-state index contributed by atoms with van der Waals surface area (Å²) in [7, 11) is -0.422.